The van der Waals surface area contributed by atoms with Crippen LogP contribution in [0.5, 0.6) is 0 Å². The lowest BCUT2D eigenvalue weighted by Crippen LogP contribution is -2.08. The number of benzene rings is 1. The number of nitrogens with zero attached hydrogens (tertiary/aromatic N) is 1. The zero-order valence-corrected chi connectivity index (χ0v) is 8.53. The van der Waals surface area contributed by atoms with Gasteiger partial charge in [-0.25, -0.2) is 0 Å². The Morgan fingerprint density at radius 2 is 2.14 bits per heavy atom. The van der Waals surface area contributed by atoms with Gasteiger partial charge in [0.05, 0.1) is 0 Å². The van der Waals surface area contributed by atoms with Crippen LogP contribution in [-0.4, -0.2) is 25.2 Å². The molecule has 1 N–H and O–H groups in total. The molecule has 0 radical (unpaired) electrons. The topological polar surface area (TPSA) is 40.5 Å². The highest BCUT2D eigenvalue weighted by atomic mass is 16.4. The molecule has 76 valence electrons. The van der Waals surface area contributed by atoms with Crippen LogP contribution in [0, 0.1) is 0 Å². The average molecular weight is 193 g/mol. The summed E-state index contributed by atoms with van der Waals surface area (Å²) in [4.78, 5) is 12.4. The maximum Gasteiger partial charge on any atom is 0.303 e. The number of aryl methyl sites for hydroxylation is 1. The molecular weight excluding hydrogens is 178 g/mol. The molecule has 0 bridgehead atoms. The minimum absolute atomic E-state index is 0.191. The van der Waals surface area contributed by atoms with Crippen molar-refractivity contribution in [2.45, 2.75) is 12.8 Å². The Hall–Kier alpha value is -1.51. The predicted octanol–water partition coefficient (Wildman–Crippen LogP) is 1.77. The van der Waals surface area contributed by atoms with Gasteiger partial charge in [-0.1, -0.05) is 12.1 Å². The summed E-state index contributed by atoms with van der Waals surface area (Å²) in [6, 6.07) is 7.93. The molecule has 0 aliphatic rings. The highest BCUT2D eigenvalue weighted by Crippen LogP contribution is 2.14. The average Bonchev–Trinajstić information content (AvgIpc) is 2.15. The first-order valence-corrected chi connectivity index (χ1v) is 4.57. The number of rotatable bonds is 4. The molecule has 1 aromatic carbocycles. The quantitative estimate of drug-likeness (QED) is 0.792. The van der Waals surface area contributed by atoms with Crippen molar-refractivity contribution in [3.63, 3.8) is 0 Å². The molecule has 14 heavy (non-hydrogen) atoms. The first kappa shape index (κ1) is 10.6. The molecule has 0 heterocycles. The molecule has 0 aliphatic carbocycles. The summed E-state index contributed by atoms with van der Waals surface area (Å²) >= 11 is 0. The van der Waals surface area contributed by atoms with Gasteiger partial charge in [0.2, 0.25) is 0 Å². The third-order valence-electron chi connectivity index (χ3n) is 2.05. The van der Waals surface area contributed by atoms with E-state index in [0.29, 0.717) is 6.42 Å². The van der Waals surface area contributed by atoms with E-state index in [1.807, 2.05) is 43.3 Å². The summed E-state index contributed by atoms with van der Waals surface area (Å²) in [7, 11) is 3.94. The fourth-order valence-corrected chi connectivity index (χ4v) is 1.24. The Bertz CT molecular complexity index is 321. The van der Waals surface area contributed by atoms with Gasteiger partial charge in [-0.2, -0.15) is 0 Å². The van der Waals surface area contributed by atoms with E-state index in [1.54, 1.807) is 0 Å². The Morgan fingerprint density at radius 1 is 1.43 bits per heavy atom. The third kappa shape index (κ3) is 3.09. The standard InChI is InChI=1S/C11H15NO2/c1-12(2)10-5-3-4-9(8-10)6-7-11(13)14/h3-5,8H,6-7H2,1-2H3,(H,13,14). The van der Waals surface area contributed by atoms with Gasteiger partial charge in [0, 0.05) is 26.2 Å². The molecule has 0 saturated carbocycles. The highest BCUT2D eigenvalue weighted by molar-refractivity contribution is 5.67. The SMILES string of the molecule is CN(C)c1cccc(CCC(=O)O)c1. The Labute approximate surface area is 84.0 Å². The summed E-state index contributed by atoms with van der Waals surface area (Å²) in [6.45, 7) is 0. The lowest BCUT2D eigenvalue weighted by Gasteiger charge is -2.13. The molecule has 0 aliphatic heterocycles. The van der Waals surface area contributed by atoms with E-state index in [4.69, 9.17) is 5.11 Å². The van der Waals surface area contributed by atoms with Gasteiger partial charge in [-0.15, -0.1) is 0 Å². The number of anilines is 1. The third-order valence-corrected chi connectivity index (χ3v) is 2.05. The maximum atomic E-state index is 10.4. The molecule has 0 atom stereocenters. The molecule has 1 aromatic rings. The fraction of sp³-hybridized carbons (Fsp3) is 0.364. The second kappa shape index (κ2) is 4.65. The van der Waals surface area contributed by atoms with Gasteiger partial charge in [-0.3, -0.25) is 4.79 Å². The monoisotopic (exact) mass is 193 g/mol. The zero-order valence-electron chi connectivity index (χ0n) is 8.53. The van der Waals surface area contributed by atoms with Crippen LogP contribution >= 0.6 is 0 Å². The van der Waals surface area contributed by atoms with Crippen molar-refractivity contribution in [2.75, 3.05) is 19.0 Å². The zero-order chi connectivity index (χ0) is 10.6. The normalized spacial score (nSPS) is 9.86. The van der Waals surface area contributed by atoms with Crippen LogP contribution < -0.4 is 4.90 Å². The van der Waals surface area contributed by atoms with Crippen LogP contribution in [0.2, 0.25) is 0 Å². The van der Waals surface area contributed by atoms with Gasteiger partial charge >= 0.3 is 5.97 Å². The van der Waals surface area contributed by atoms with E-state index in [9.17, 15) is 4.79 Å². The summed E-state index contributed by atoms with van der Waals surface area (Å²) in [5.74, 6) is -0.750. The second-order valence-corrected chi connectivity index (χ2v) is 3.46. The molecule has 0 aromatic heterocycles. The lowest BCUT2D eigenvalue weighted by atomic mass is 10.1. The van der Waals surface area contributed by atoms with Crippen LogP contribution in [0.1, 0.15) is 12.0 Å². The molecule has 3 heteroatoms. The fourth-order valence-electron chi connectivity index (χ4n) is 1.24. The van der Waals surface area contributed by atoms with Crippen LogP contribution in [-0.2, 0) is 11.2 Å². The van der Waals surface area contributed by atoms with Crippen molar-refractivity contribution >= 4 is 11.7 Å². The molecule has 0 unspecified atom stereocenters. The van der Waals surface area contributed by atoms with Crippen molar-refractivity contribution in [2.24, 2.45) is 0 Å². The van der Waals surface area contributed by atoms with E-state index >= 15 is 0 Å². The van der Waals surface area contributed by atoms with Crippen LogP contribution in [0.4, 0.5) is 5.69 Å². The van der Waals surface area contributed by atoms with Gasteiger partial charge in [0.15, 0.2) is 0 Å². The van der Waals surface area contributed by atoms with Gasteiger partial charge < -0.3 is 10.0 Å². The summed E-state index contributed by atoms with van der Waals surface area (Å²) < 4.78 is 0. The van der Waals surface area contributed by atoms with Crippen LogP contribution in [0.3, 0.4) is 0 Å². The number of aliphatic carboxylic acids is 1. The number of hydrogen-bond donors (Lipinski definition) is 1. The number of carbonyl (C=O) groups is 1. The number of hydrogen-bond acceptors (Lipinski definition) is 2. The molecule has 0 spiro atoms. The summed E-state index contributed by atoms with van der Waals surface area (Å²) in [6.07, 6.45) is 0.786. The van der Waals surface area contributed by atoms with E-state index in [2.05, 4.69) is 0 Å². The summed E-state index contributed by atoms with van der Waals surface area (Å²) in [5.41, 5.74) is 2.17. The van der Waals surface area contributed by atoms with Crippen LogP contribution in [0.15, 0.2) is 24.3 Å². The van der Waals surface area contributed by atoms with Gasteiger partial charge in [-0.05, 0) is 24.1 Å². The number of carboxylic acid groups (broad SMARTS) is 1. The predicted molar refractivity (Wildman–Crippen MR) is 56.7 cm³/mol. The van der Waals surface area contributed by atoms with Crippen molar-refractivity contribution in [1.29, 1.82) is 0 Å². The van der Waals surface area contributed by atoms with E-state index in [1.165, 1.54) is 0 Å². The molecular formula is C11H15NO2. The Balaban J connectivity index is 2.68. The van der Waals surface area contributed by atoms with E-state index < -0.39 is 5.97 Å². The Morgan fingerprint density at radius 3 is 2.71 bits per heavy atom. The van der Waals surface area contributed by atoms with Crippen LogP contribution in [0.25, 0.3) is 0 Å². The molecule has 0 fully saturated rings. The first-order chi connectivity index (χ1) is 6.59. The van der Waals surface area contributed by atoms with Crippen molar-refractivity contribution < 1.29 is 9.90 Å². The van der Waals surface area contributed by atoms with Crippen molar-refractivity contribution in [3.8, 4) is 0 Å². The number of carboxylic acids is 1. The molecule has 1 rings (SSSR count). The minimum Gasteiger partial charge on any atom is -0.481 e. The van der Waals surface area contributed by atoms with Crippen molar-refractivity contribution in [3.05, 3.63) is 29.8 Å². The Kier molecular flexibility index (Phi) is 3.51. The maximum absolute atomic E-state index is 10.4. The summed E-state index contributed by atoms with van der Waals surface area (Å²) in [5, 5.41) is 8.54. The van der Waals surface area contributed by atoms with Gasteiger partial charge in [0.25, 0.3) is 0 Å². The van der Waals surface area contributed by atoms with E-state index in [0.717, 1.165) is 11.3 Å². The lowest BCUT2D eigenvalue weighted by molar-refractivity contribution is -0.136. The first-order valence-electron chi connectivity index (χ1n) is 4.57. The smallest absolute Gasteiger partial charge is 0.303 e. The largest absolute Gasteiger partial charge is 0.481 e. The molecule has 0 amide bonds. The highest BCUT2D eigenvalue weighted by Gasteiger charge is 2.00. The molecule has 0 saturated heterocycles. The van der Waals surface area contributed by atoms with Gasteiger partial charge in [0.1, 0.15) is 0 Å². The van der Waals surface area contributed by atoms with Crippen molar-refractivity contribution in [1.82, 2.24) is 0 Å². The minimum atomic E-state index is -0.750. The second-order valence-electron chi connectivity index (χ2n) is 3.46. The molecule has 3 nitrogen and oxygen atoms in total. The van der Waals surface area contributed by atoms with E-state index in [-0.39, 0.29) is 6.42 Å².